The first-order valence-electron chi connectivity index (χ1n) is 6.51. The third-order valence-electron chi connectivity index (χ3n) is 3.64. The molecule has 1 rings (SSSR count). The van der Waals surface area contributed by atoms with Crippen molar-refractivity contribution < 1.29 is 0 Å². The molecule has 0 spiro atoms. The summed E-state index contributed by atoms with van der Waals surface area (Å²) in [6.45, 7) is 10.5. The molecule has 3 unspecified atom stereocenters. The molecule has 1 N–H and O–H groups in total. The lowest BCUT2D eigenvalue weighted by Crippen LogP contribution is -2.49. The fourth-order valence-corrected chi connectivity index (χ4v) is 4.45. The minimum Gasteiger partial charge on any atom is -0.313 e. The first kappa shape index (κ1) is 13.4. The van der Waals surface area contributed by atoms with Crippen molar-refractivity contribution in [2.75, 3.05) is 12.3 Å². The van der Waals surface area contributed by atoms with Crippen LogP contribution in [0.1, 0.15) is 53.4 Å². The van der Waals surface area contributed by atoms with E-state index in [1.165, 1.54) is 31.4 Å². The number of nitrogens with one attached hydrogen (secondary N) is 1. The van der Waals surface area contributed by atoms with E-state index in [4.69, 9.17) is 0 Å². The Balaban J connectivity index is 2.62. The second-order valence-corrected chi connectivity index (χ2v) is 6.70. The van der Waals surface area contributed by atoms with Gasteiger partial charge in [-0.3, -0.25) is 0 Å². The molecule has 0 radical (unpaired) electrons. The summed E-state index contributed by atoms with van der Waals surface area (Å²) in [5.41, 5.74) is 0. The Labute approximate surface area is 99.8 Å². The Morgan fingerprint density at radius 3 is 2.60 bits per heavy atom. The van der Waals surface area contributed by atoms with Gasteiger partial charge in [0.1, 0.15) is 0 Å². The van der Waals surface area contributed by atoms with Crippen molar-refractivity contribution in [3.05, 3.63) is 0 Å². The first-order chi connectivity index (χ1) is 7.14. The van der Waals surface area contributed by atoms with Gasteiger partial charge in [-0.25, -0.2) is 0 Å². The van der Waals surface area contributed by atoms with E-state index in [1.807, 2.05) is 0 Å². The van der Waals surface area contributed by atoms with Crippen LogP contribution in [-0.4, -0.2) is 23.1 Å². The average molecular weight is 229 g/mol. The van der Waals surface area contributed by atoms with Crippen LogP contribution in [0.15, 0.2) is 0 Å². The van der Waals surface area contributed by atoms with Crippen molar-refractivity contribution in [1.82, 2.24) is 5.32 Å². The van der Waals surface area contributed by atoms with Gasteiger partial charge in [-0.15, -0.1) is 0 Å². The smallest absolute Gasteiger partial charge is 0.0287 e. The van der Waals surface area contributed by atoms with E-state index in [-0.39, 0.29) is 0 Å². The maximum atomic E-state index is 3.73. The number of thioether (sulfide) groups is 1. The highest BCUT2D eigenvalue weighted by Gasteiger charge is 2.39. The highest BCUT2D eigenvalue weighted by molar-refractivity contribution is 8.00. The van der Waals surface area contributed by atoms with Gasteiger partial charge in [0.25, 0.3) is 0 Å². The standard InChI is InChI=1S/C13H27NS/c1-5-8-11(3)12(14-6-2)13(4)9-7-10-15-13/h11-12,14H,5-10H2,1-4H3. The SMILES string of the molecule is CCCC(C)C(NCC)C1(C)CCCS1. The first-order valence-corrected chi connectivity index (χ1v) is 7.50. The molecule has 0 amide bonds. The van der Waals surface area contributed by atoms with E-state index in [1.54, 1.807) is 0 Å². The summed E-state index contributed by atoms with van der Waals surface area (Å²) in [4.78, 5) is 0. The summed E-state index contributed by atoms with van der Waals surface area (Å²) in [5.74, 6) is 2.17. The maximum Gasteiger partial charge on any atom is 0.0287 e. The minimum absolute atomic E-state index is 0.491. The molecule has 0 aromatic heterocycles. The van der Waals surface area contributed by atoms with Crippen molar-refractivity contribution in [2.24, 2.45) is 5.92 Å². The van der Waals surface area contributed by atoms with Crippen LogP contribution < -0.4 is 5.32 Å². The lowest BCUT2D eigenvalue weighted by Gasteiger charge is -2.38. The van der Waals surface area contributed by atoms with Gasteiger partial charge in [-0.2, -0.15) is 11.8 Å². The summed E-state index contributed by atoms with van der Waals surface area (Å²) in [7, 11) is 0. The fraction of sp³-hybridized carbons (Fsp3) is 1.00. The molecule has 0 bridgehead atoms. The van der Waals surface area contributed by atoms with E-state index in [9.17, 15) is 0 Å². The van der Waals surface area contributed by atoms with E-state index in [0.29, 0.717) is 10.8 Å². The van der Waals surface area contributed by atoms with E-state index in [2.05, 4.69) is 44.8 Å². The Morgan fingerprint density at radius 2 is 2.13 bits per heavy atom. The quantitative estimate of drug-likeness (QED) is 0.745. The van der Waals surface area contributed by atoms with Crippen LogP contribution >= 0.6 is 11.8 Å². The van der Waals surface area contributed by atoms with Crippen LogP contribution in [-0.2, 0) is 0 Å². The van der Waals surface area contributed by atoms with Gasteiger partial charge in [0.05, 0.1) is 0 Å². The molecule has 1 heterocycles. The molecular weight excluding hydrogens is 202 g/mol. The summed E-state index contributed by atoms with van der Waals surface area (Å²) < 4.78 is 0.491. The number of hydrogen-bond acceptors (Lipinski definition) is 2. The molecular formula is C13H27NS. The molecule has 90 valence electrons. The molecule has 0 aliphatic carbocycles. The van der Waals surface area contributed by atoms with Crippen LogP contribution in [0.5, 0.6) is 0 Å². The van der Waals surface area contributed by atoms with Crippen molar-refractivity contribution in [3.63, 3.8) is 0 Å². The normalized spacial score (nSPS) is 30.4. The van der Waals surface area contributed by atoms with Crippen LogP contribution in [0.3, 0.4) is 0 Å². The maximum absolute atomic E-state index is 3.73. The van der Waals surface area contributed by atoms with Crippen LogP contribution in [0, 0.1) is 5.92 Å². The van der Waals surface area contributed by atoms with Gasteiger partial charge >= 0.3 is 0 Å². The molecule has 1 fully saturated rings. The second kappa shape index (κ2) is 6.15. The Morgan fingerprint density at radius 1 is 1.40 bits per heavy atom. The zero-order valence-electron chi connectivity index (χ0n) is 10.8. The highest BCUT2D eigenvalue weighted by Crippen LogP contribution is 2.43. The molecule has 1 aliphatic heterocycles. The fourth-order valence-electron chi connectivity index (χ4n) is 2.91. The van der Waals surface area contributed by atoms with Crippen LogP contribution in [0.4, 0.5) is 0 Å². The zero-order chi connectivity index (χ0) is 11.3. The Kier molecular flexibility index (Phi) is 5.48. The summed E-state index contributed by atoms with van der Waals surface area (Å²) in [6, 6.07) is 0.704. The van der Waals surface area contributed by atoms with Crippen LogP contribution in [0.2, 0.25) is 0 Å². The minimum atomic E-state index is 0.491. The molecule has 1 saturated heterocycles. The predicted octanol–water partition coefficient (Wildman–Crippen LogP) is 3.69. The number of rotatable bonds is 6. The lowest BCUT2D eigenvalue weighted by molar-refractivity contribution is 0.294. The van der Waals surface area contributed by atoms with Gasteiger partial charge in [-0.05, 0) is 44.4 Å². The number of hydrogen-bond donors (Lipinski definition) is 1. The van der Waals surface area contributed by atoms with Crippen molar-refractivity contribution in [3.8, 4) is 0 Å². The largest absolute Gasteiger partial charge is 0.313 e. The van der Waals surface area contributed by atoms with Gasteiger partial charge in [0, 0.05) is 10.8 Å². The van der Waals surface area contributed by atoms with Gasteiger partial charge in [0.15, 0.2) is 0 Å². The monoisotopic (exact) mass is 229 g/mol. The highest BCUT2D eigenvalue weighted by atomic mass is 32.2. The Hall–Kier alpha value is 0.310. The molecule has 15 heavy (non-hydrogen) atoms. The molecule has 2 heteroatoms. The van der Waals surface area contributed by atoms with Crippen LogP contribution in [0.25, 0.3) is 0 Å². The lowest BCUT2D eigenvalue weighted by atomic mass is 9.84. The molecule has 0 aromatic rings. The van der Waals surface area contributed by atoms with Gasteiger partial charge in [-0.1, -0.05) is 27.2 Å². The van der Waals surface area contributed by atoms with E-state index in [0.717, 1.165) is 12.5 Å². The summed E-state index contributed by atoms with van der Waals surface area (Å²) >= 11 is 2.18. The Bertz CT molecular complexity index is 175. The predicted molar refractivity (Wildman–Crippen MR) is 71.6 cm³/mol. The van der Waals surface area contributed by atoms with Gasteiger partial charge in [0.2, 0.25) is 0 Å². The van der Waals surface area contributed by atoms with Crippen molar-refractivity contribution >= 4 is 11.8 Å². The second-order valence-electron chi connectivity index (χ2n) is 5.07. The molecule has 1 aliphatic rings. The van der Waals surface area contributed by atoms with Crippen molar-refractivity contribution in [2.45, 2.75) is 64.2 Å². The molecule has 1 nitrogen and oxygen atoms in total. The summed E-state index contributed by atoms with van der Waals surface area (Å²) in [6.07, 6.45) is 5.46. The third kappa shape index (κ3) is 3.39. The molecule has 0 saturated carbocycles. The van der Waals surface area contributed by atoms with E-state index >= 15 is 0 Å². The average Bonchev–Trinajstić information content (AvgIpc) is 2.62. The third-order valence-corrected chi connectivity index (χ3v) is 5.25. The topological polar surface area (TPSA) is 12.0 Å². The van der Waals surface area contributed by atoms with E-state index < -0.39 is 0 Å². The molecule has 0 aromatic carbocycles. The van der Waals surface area contributed by atoms with Crippen molar-refractivity contribution in [1.29, 1.82) is 0 Å². The zero-order valence-corrected chi connectivity index (χ0v) is 11.6. The summed E-state index contributed by atoms with van der Waals surface area (Å²) in [5, 5.41) is 3.73. The molecule has 3 atom stereocenters. The van der Waals surface area contributed by atoms with Gasteiger partial charge < -0.3 is 5.32 Å².